The van der Waals surface area contributed by atoms with Crippen LogP contribution in [-0.2, 0) is 16.1 Å². The standard InChI is InChI=1S/C14H13N5O4/c20-10(8-19-12(21)7-16-14(19)22)15-6-11-17-18-13(23-11)9-4-2-1-3-5-9/h1-5H,6-8H2,(H,15,20)(H,16,22). The lowest BCUT2D eigenvalue weighted by atomic mass is 10.2. The van der Waals surface area contributed by atoms with E-state index in [0.717, 1.165) is 10.5 Å². The topological polar surface area (TPSA) is 117 Å². The van der Waals surface area contributed by atoms with Crippen molar-refractivity contribution in [1.29, 1.82) is 0 Å². The molecule has 2 aromatic rings. The van der Waals surface area contributed by atoms with Crippen molar-refractivity contribution in [2.45, 2.75) is 6.54 Å². The van der Waals surface area contributed by atoms with E-state index in [-0.39, 0.29) is 25.5 Å². The molecule has 9 heteroatoms. The van der Waals surface area contributed by atoms with E-state index in [1.54, 1.807) is 0 Å². The first kappa shape index (κ1) is 14.7. The maximum absolute atomic E-state index is 11.8. The summed E-state index contributed by atoms with van der Waals surface area (Å²) in [6, 6.07) is 8.64. The van der Waals surface area contributed by atoms with Gasteiger partial charge >= 0.3 is 6.03 Å². The fourth-order valence-electron chi connectivity index (χ4n) is 2.01. The predicted molar refractivity (Wildman–Crippen MR) is 76.7 cm³/mol. The third-order valence-corrected chi connectivity index (χ3v) is 3.16. The molecule has 0 spiro atoms. The van der Waals surface area contributed by atoms with Gasteiger partial charge in [-0.3, -0.25) is 14.5 Å². The van der Waals surface area contributed by atoms with Gasteiger partial charge in [0.05, 0.1) is 13.1 Å². The zero-order chi connectivity index (χ0) is 16.2. The summed E-state index contributed by atoms with van der Waals surface area (Å²) in [7, 11) is 0. The van der Waals surface area contributed by atoms with E-state index in [9.17, 15) is 14.4 Å². The predicted octanol–water partition coefficient (Wildman–Crippen LogP) is -0.0954. The third-order valence-electron chi connectivity index (χ3n) is 3.16. The van der Waals surface area contributed by atoms with E-state index >= 15 is 0 Å². The first-order chi connectivity index (χ1) is 11.1. The van der Waals surface area contributed by atoms with Crippen LogP contribution in [0.3, 0.4) is 0 Å². The minimum atomic E-state index is -0.575. The molecular weight excluding hydrogens is 302 g/mol. The number of carbonyl (C=O) groups is 3. The van der Waals surface area contributed by atoms with Gasteiger partial charge in [0.25, 0.3) is 5.91 Å². The smallest absolute Gasteiger partial charge is 0.325 e. The highest BCUT2D eigenvalue weighted by atomic mass is 16.4. The number of carbonyl (C=O) groups excluding carboxylic acids is 3. The second kappa shape index (κ2) is 6.26. The average Bonchev–Trinajstić information content (AvgIpc) is 3.16. The molecule has 9 nitrogen and oxygen atoms in total. The van der Waals surface area contributed by atoms with Gasteiger partial charge in [-0.05, 0) is 12.1 Å². The van der Waals surface area contributed by atoms with Crippen molar-refractivity contribution in [1.82, 2.24) is 25.7 Å². The number of urea groups is 1. The van der Waals surface area contributed by atoms with Crippen LogP contribution in [-0.4, -0.2) is 46.0 Å². The highest BCUT2D eigenvalue weighted by molar-refractivity contribution is 6.04. The molecule has 1 saturated heterocycles. The van der Waals surface area contributed by atoms with E-state index in [2.05, 4.69) is 20.8 Å². The van der Waals surface area contributed by atoms with Crippen molar-refractivity contribution < 1.29 is 18.8 Å². The molecule has 118 valence electrons. The molecule has 0 bridgehead atoms. The van der Waals surface area contributed by atoms with Gasteiger partial charge in [-0.2, -0.15) is 0 Å². The van der Waals surface area contributed by atoms with Crippen molar-refractivity contribution in [3.63, 3.8) is 0 Å². The Balaban J connectivity index is 1.54. The number of aromatic nitrogens is 2. The van der Waals surface area contributed by atoms with Gasteiger partial charge in [-0.25, -0.2) is 4.79 Å². The van der Waals surface area contributed by atoms with Gasteiger partial charge in [0, 0.05) is 5.56 Å². The second-order valence-electron chi connectivity index (χ2n) is 4.78. The van der Waals surface area contributed by atoms with Crippen molar-refractivity contribution in [3.05, 3.63) is 36.2 Å². The number of imide groups is 1. The zero-order valence-electron chi connectivity index (χ0n) is 12.0. The van der Waals surface area contributed by atoms with Gasteiger partial charge in [0.1, 0.15) is 6.54 Å². The maximum Gasteiger partial charge on any atom is 0.325 e. The molecule has 1 aliphatic rings. The van der Waals surface area contributed by atoms with Gasteiger partial charge in [0.2, 0.25) is 17.7 Å². The van der Waals surface area contributed by atoms with Crippen LogP contribution in [0.1, 0.15) is 5.89 Å². The van der Waals surface area contributed by atoms with Crippen LogP contribution in [0.25, 0.3) is 11.5 Å². The Bertz CT molecular complexity index is 727. The van der Waals surface area contributed by atoms with E-state index in [4.69, 9.17) is 4.42 Å². The van der Waals surface area contributed by atoms with Gasteiger partial charge in [-0.15, -0.1) is 10.2 Å². The summed E-state index contributed by atoms with van der Waals surface area (Å²) in [6.45, 7) is -0.414. The summed E-state index contributed by atoms with van der Waals surface area (Å²) in [5.74, 6) is -0.345. The Morgan fingerprint density at radius 2 is 2.04 bits per heavy atom. The molecular formula is C14H13N5O4. The summed E-state index contributed by atoms with van der Waals surface area (Å²) in [5, 5.41) is 12.6. The lowest BCUT2D eigenvalue weighted by molar-refractivity contribution is -0.130. The van der Waals surface area contributed by atoms with Crippen molar-refractivity contribution in [3.8, 4) is 11.5 Å². The quantitative estimate of drug-likeness (QED) is 0.744. The zero-order valence-corrected chi connectivity index (χ0v) is 12.0. The molecule has 1 aromatic heterocycles. The Morgan fingerprint density at radius 3 is 2.74 bits per heavy atom. The summed E-state index contributed by atoms with van der Waals surface area (Å²) in [6.07, 6.45) is 0. The fourth-order valence-corrected chi connectivity index (χ4v) is 2.01. The van der Waals surface area contributed by atoms with Crippen LogP contribution >= 0.6 is 0 Å². The number of rotatable bonds is 5. The van der Waals surface area contributed by atoms with Crippen LogP contribution in [0.2, 0.25) is 0 Å². The average molecular weight is 315 g/mol. The number of amides is 4. The molecule has 0 aliphatic carbocycles. The lowest BCUT2D eigenvalue weighted by Gasteiger charge is -2.11. The monoisotopic (exact) mass is 315 g/mol. The lowest BCUT2D eigenvalue weighted by Crippen LogP contribution is -2.40. The van der Waals surface area contributed by atoms with E-state index in [1.165, 1.54) is 0 Å². The van der Waals surface area contributed by atoms with Crippen LogP contribution in [0.4, 0.5) is 4.79 Å². The highest BCUT2D eigenvalue weighted by Gasteiger charge is 2.30. The normalized spacial score (nSPS) is 14.0. The first-order valence-corrected chi connectivity index (χ1v) is 6.86. The van der Waals surface area contributed by atoms with E-state index < -0.39 is 17.8 Å². The number of benzene rings is 1. The van der Waals surface area contributed by atoms with E-state index in [0.29, 0.717) is 5.89 Å². The maximum atomic E-state index is 11.8. The largest absolute Gasteiger partial charge is 0.419 e. The molecule has 4 amide bonds. The molecule has 1 fully saturated rings. The van der Waals surface area contributed by atoms with Gasteiger partial charge in [-0.1, -0.05) is 18.2 Å². The molecule has 0 radical (unpaired) electrons. The Kier molecular flexibility index (Phi) is 4.00. The fraction of sp³-hybridized carbons (Fsp3) is 0.214. The number of nitrogens with zero attached hydrogens (tertiary/aromatic N) is 3. The van der Waals surface area contributed by atoms with Crippen LogP contribution in [0.5, 0.6) is 0 Å². The minimum Gasteiger partial charge on any atom is -0.419 e. The Labute approximate surface area is 130 Å². The van der Waals surface area contributed by atoms with Crippen molar-refractivity contribution in [2.75, 3.05) is 13.1 Å². The number of hydrogen-bond acceptors (Lipinski definition) is 6. The van der Waals surface area contributed by atoms with Crippen LogP contribution in [0.15, 0.2) is 34.7 Å². The summed E-state index contributed by atoms with van der Waals surface area (Å²) in [4.78, 5) is 35.3. The minimum absolute atomic E-state index is 0.0162. The summed E-state index contributed by atoms with van der Waals surface area (Å²) >= 11 is 0. The van der Waals surface area contributed by atoms with Gasteiger partial charge in [0.15, 0.2) is 0 Å². The van der Waals surface area contributed by atoms with Crippen LogP contribution < -0.4 is 10.6 Å². The Morgan fingerprint density at radius 1 is 1.26 bits per heavy atom. The molecule has 0 saturated carbocycles. The van der Waals surface area contributed by atoms with Crippen LogP contribution in [0, 0.1) is 0 Å². The number of hydrogen-bond donors (Lipinski definition) is 2. The molecule has 2 N–H and O–H groups in total. The molecule has 0 unspecified atom stereocenters. The molecule has 23 heavy (non-hydrogen) atoms. The summed E-state index contributed by atoms with van der Waals surface area (Å²) < 4.78 is 5.44. The molecule has 2 heterocycles. The first-order valence-electron chi connectivity index (χ1n) is 6.86. The molecule has 1 aliphatic heterocycles. The third kappa shape index (κ3) is 3.34. The molecule has 0 atom stereocenters. The number of nitrogens with one attached hydrogen (secondary N) is 2. The second-order valence-corrected chi connectivity index (χ2v) is 4.78. The molecule has 3 rings (SSSR count). The Hall–Kier alpha value is -3.23. The van der Waals surface area contributed by atoms with Gasteiger partial charge < -0.3 is 15.1 Å². The van der Waals surface area contributed by atoms with Crippen molar-refractivity contribution >= 4 is 17.8 Å². The molecule has 1 aromatic carbocycles. The SMILES string of the molecule is O=C(CN1C(=O)CNC1=O)NCc1nnc(-c2ccccc2)o1. The van der Waals surface area contributed by atoms with Crippen molar-refractivity contribution in [2.24, 2.45) is 0 Å². The highest BCUT2D eigenvalue weighted by Crippen LogP contribution is 2.16. The van der Waals surface area contributed by atoms with E-state index in [1.807, 2.05) is 30.3 Å². The summed E-state index contributed by atoms with van der Waals surface area (Å²) in [5.41, 5.74) is 0.775.